The zero-order valence-corrected chi connectivity index (χ0v) is 12.7. The van der Waals surface area contributed by atoms with E-state index in [2.05, 4.69) is 10.3 Å². The van der Waals surface area contributed by atoms with E-state index in [1.165, 1.54) is 7.11 Å². The number of benzene rings is 1. The Kier molecular flexibility index (Phi) is 4.52. The van der Waals surface area contributed by atoms with Crippen LogP contribution < -0.4 is 5.32 Å². The highest BCUT2D eigenvalue weighted by atomic mass is 32.1. The molecule has 1 aromatic carbocycles. The van der Waals surface area contributed by atoms with Crippen molar-refractivity contribution >= 4 is 17.3 Å². The van der Waals surface area contributed by atoms with Crippen LogP contribution in [-0.4, -0.2) is 23.6 Å². The largest absolute Gasteiger partial charge is 0.468 e. The zero-order chi connectivity index (χ0) is 14.6. The van der Waals surface area contributed by atoms with Crippen LogP contribution in [-0.2, 0) is 16.1 Å². The predicted molar refractivity (Wildman–Crippen MR) is 80.5 cm³/mol. The van der Waals surface area contributed by atoms with Crippen molar-refractivity contribution in [2.24, 2.45) is 0 Å². The Labute approximate surface area is 122 Å². The van der Waals surface area contributed by atoms with Gasteiger partial charge in [-0.1, -0.05) is 30.3 Å². The lowest BCUT2D eigenvalue weighted by Gasteiger charge is -2.22. The van der Waals surface area contributed by atoms with Crippen molar-refractivity contribution in [2.75, 3.05) is 7.11 Å². The molecule has 0 aliphatic carbocycles. The molecule has 0 atom stereocenters. The van der Waals surface area contributed by atoms with Crippen LogP contribution in [0.25, 0.3) is 11.3 Å². The molecule has 1 heterocycles. The number of hydrogen-bond acceptors (Lipinski definition) is 5. The molecule has 0 radical (unpaired) electrons. The summed E-state index contributed by atoms with van der Waals surface area (Å²) in [4.78, 5) is 16.2. The molecule has 0 spiro atoms. The molecule has 0 unspecified atom stereocenters. The van der Waals surface area contributed by atoms with E-state index >= 15 is 0 Å². The van der Waals surface area contributed by atoms with Crippen molar-refractivity contribution in [3.8, 4) is 11.3 Å². The molecule has 0 aliphatic heterocycles. The fraction of sp³-hybridized carbons (Fsp3) is 0.333. The van der Waals surface area contributed by atoms with Gasteiger partial charge in [0.25, 0.3) is 0 Å². The third kappa shape index (κ3) is 3.43. The maximum Gasteiger partial charge on any atom is 0.325 e. The molecule has 1 N–H and O–H groups in total. The summed E-state index contributed by atoms with van der Waals surface area (Å²) in [5, 5.41) is 6.13. The van der Waals surface area contributed by atoms with Crippen LogP contribution in [0.5, 0.6) is 0 Å². The molecule has 1 aromatic heterocycles. The average molecular weight is 290 g/mol. The van der Waals surface area contributed by atoms with Gasteiger partial charge in [0.05, 0.1) is 12.8 Å². The van der Waals surface area contributed by atoms with E-state index in [4.69, 9.17) is 4.74 Å². The molecular formula is C15H18N2O2S. The normalized spacial score (nSPS) is 11.3. The van der Waals surface area contributed by atoms with E-state index in [0.29, 0.717) is 6.54 Å². The molecule has 2 aromatic rings. The lowest BCUT2D eigenvalue weighted by molar-refractivity contribution is -0.147. The average Bonchev–Trinajstić information content (AvgIpc) is 2.94. The van der Waals surface area contributed by atoms with E-state index < -0.39 is 5.54 Å². The van der Waals surface area contributed by atoms with Crippen LogP contribution in [0.4, 0.5) is 0 Å². The number of esters is 1. The Morgan fingerprint density at radius 1 is 1.35 bits per heavy atom. The van der Waals surface area contributed by atoms with E-state index in [1.807, 2.05) is 35.7 Å². The van der Waals surface area contributed by atoms with Gasteiger partial charge in [-0.3, -0.25) is 10.1 Å². The molecule has 2 rings (SSSR count). The maximum atomic E-state index is 11.6. The number of nitrogens with zero attached hydrogens (tertiary/aromatic N) is 1. The number of nitrogens with one attached hydrogen (secondary N) is 1. The SMILES string of the molecule is COC(=O)C(C)(C)NCc1nc(-c2ccccc2)cs1. The number of carbonyl (C=O) groups is 1. The minimum absolute atomic E-state index is 0.280. The highest BCUT2D eigenvalue weighted by Gasteiger charge is 2.28. The molecule has 0 saturated heterocycles. The Morgan fingerprint density at radius 3 is 2.70 bits per heavy atom. The zero-order valence-electron chi connectivity index (χ0n) is 11.8. The van der Waals surface area contributed by atoms with Gasteiger partial charge in [0.15, 0.2) is 0 Å². The minimum Gasteiger partial charge on any atom is -0.468 e. The smallest absolute Gasteiger partial charge is 0.325 e. The predicted octanol–water partition coefficient (Wildman–Crippen LogP) is 2.85. The van der Waals surface area contributed by atoms with Crippen LogP contribution in [0.15, 0.2) is 35.7 Å². The Bertz CT molecular complexity index is 579. The molecule has 5 heteroatoms. The second-order valence-corrected chi connectivity index (χ2v) is 5.91. The third-order valence-corrected chi connectivity index (χ3v) is 3.85. The van der Waals surface area contributed by atoms with Crippen molar-refractivity contribution in [3.05, 3.63) is 40.7 Å². The highest BCUT2D eigenvalue weighted by molar-refractivity contribution is 7.09. The monoisotopic (exact) mass is 290 g/mol. The molecular weight excluding hydrogens is 272 g/mol. The molecule has 0 fully saturated rings. The molecule has 0 saturated carbocycles. The molecule has 4 nitrogen and oxygen atoms in total. The summed E-state index contributed by atoms with van der Waals surface area (Å²) in [7, 11) is 1.39. The van der Waals surface area contributed by atoms with Crippen LogP contribution in [0.3, 0.4) is 0 Å². The Balaban J connectivity index is 2.02. The summed E-state index contributed by atoms with van der Waals surface area (Å²) in [6, 6.07) is 10.0. The number of carbonyl (C=O) groups excluding carboxylic acids is 1. The molecule has 20 heavy (non-hydrogen) atoms. The first kappa shape index (κ1) is 14.7. The number of ether oxygens (including phenoxy) is 1. The quantitative estimate of drug-likeness (QED) is 0.860. The van der Waals surface area contributed by atoms with Gasteiger partial charge in [-0.2, -0.15) is 0 Å². The van der Waals surface area contributed by atoms with E-state index in [0.717, 1.165) is 16.3 Å². The van der Waals surface area contributed by atoms with Crippen molar-refractivity contribution in [1.82, 2.24) is 10.3 Å². The van der Waals surface area contributed by atoms with Crippen LogP contribution in [0, 0.1) is 0 Å². The fourth-order valence-electron chi connectivity index (χ4n) is 1.76. The summed E-state index contributed by atoms with van der Waals surface area (Å²) in [5.41, 5.74) is 1.35. The van der Waals surface area contributed by atoms with Gasteiger partial charge in [-0.15, -0.1) is 11.3 Å². The summed E-state index contributed by atoms with van der Waals surface area (Å²) in [6.07, 6.45) is 0. The molecule has 106 valence electrons. The number of methoxy groups -OCH3 is 1. The number of thiazole rings is 1. The van der Waals surface area contributed by atoms with Gasteiger partial charge in [0.1, 0.15) is 10.5 Å². The molecule has 0 aliphatic rings. The first-order valence-corrected chi connectivity index (χ1v) is 7.24. The highest BCUT2D eigenvalue weighted by Crippen LogP contribution is 2.21. The fourth-order valence-corrected chi connectivity index (χ4v) is 2.50. The van der Waals surface area contributed by atoms with E-state index in [-0.39, 0.29) is 5.97 Å². The second-order valence-electron chi connectivity index (χ2n) is 4.96. The van der Waals surface area contributed by atoms with Crippen molar-refractivity contribution in [2.45, 2.75) is 25.9 Å². The van der Waals surface area contributed by atoms with Crippen LogP contribution in [0.2, 0.25) is 0 Å². The van der Waals surface area contributed by atoms with E-state index in [9.17, 15) is 4.79 Å². The van der Waals surface area contributed by atoms with E-state index in [1.54, 1.807) is 25.2 Å². The standard InChI is InChI=1S/C15H18N2O2S/c1-15(2,14(18)19-3)16-9-13-17-12(10-20-13)11-7-5-4-6-8-11/h4-8,10,16H,9H2,1-3H3. The number of aromatic nitrogens is 1. The van der Waals surface area contributed by atoms with Crippen molar-refractivity contribution in [3.63, 3.8) is 0 Å². The first-order chi connectivity index (χ1) is 9.53. The van der Waals surface area contributed by atoms with Gasteiger partial charge < -0.3 is 4.74 Å². The Hall–Kier alpha value is -1.72. The van der Waals surface area contributed by atoms with Crippen molar-refractivity contribution < 1.29 is 9.53 Å². The van der Waals surface area contributed by atoms with Gasteiger partial charge >= 0.3 is 5.97 Å². The number of rotatable bonds is 5. The minimum atomic E-state index is -0.715. The first-order valence-electron chi connectivity index (χ1n) is 6.36. The lowest BCUT2D eigenvalue weighted by Crippen LogP contribution is -2.46. The van der Waals surface area contributed by atoms with Gasteiger partial charge in [-0.05, 0) is 13.8 Å². The maximum absolute atomic E-state index is 11.6. The third-order valence-electron chi connectivity index (χ3n) is 3.00. The number of hydrogen-bond donors (Lipinski definition) is 1. The van der Waals surface area contributed by atoms with Crippen LogP contribution in [0.1, 0.15) is 18.9 Å². The lowest BCUT2D eigenvalue weighted by atomic mass is 10.1. The topological polar surface area (TPSA) is 51.2 Å². The summed E-state index contributed by atoms with van der Waals surface area (Å²) >= 11 is 1.58. The molecule has 0 amide bonds. The van der Waals surface area contributed by atoms with Gasteiger partial charge in [-0.25, -0.2) is 4.98 Å². The van der Waals surface area contributed by atoms with Gasteiger partial charge in [0.2, 0.25) is 0 Å². The second kappa shape index (κ2) is 6.15. The van der Waals surface area contributed by atoms with Gasteiger partial charge in [0, 0.05) is 17.5 Å². The summed E-state index contributed by atoms with van der Waals surface area (Å²) in [5.74, 6) is -0.280. The summed E-state index contributed by atoms with van der Waals surface area (Å²) in [6.45, 7) is 4.13. The van der Waals surface area contributed by atoms with Crippen LogP contribution >= 0.6 is 11.3 Å². The summed E-state index contributed by atoms with van der Waals surface area (Å²) < 4.78 is 4.76. The molecule has 0 bridgehead atoms. The van der Waals surface area contributed by atoms with Crippen molar-refractivity contribution in [1.29, 1.82) is 0 Å². The Morgan fingerprint density at radius 2 is 2.05 bits per heavy atom.